The number of hydrogen-bond acceptors (Lipinski definition) is 5. The summed E-state index contributed by atoms with van der Waals surface area (Å²) in [6.07, 6.45) is 0.431. The van der Waals surface area contributed by atoms with Gasteiger partial charge in [-0.1, -0.05) is 30.3 Å². The van der Waals surface area contributed by atoms with E-state index in [1.807, 2.05) is 54.6 Å². The molecule has 26 heavy (non-hydrogen) atoms. The van der Waals surface area contributed by atoms with Gasteiger partial charge in [-0.05, 0) is 36.8 Å². The van der Waals surface area contributed by atoms with Crippen molar-refractivity contribution in [2.75, 3.05) is 6.26 Å². The van der Waals surface area contributed by atoms with Crippen LogP contribution < -0.4 is 4.74 Å². The third-order valence-electron chi connectivity index (χ3n) is 4.28. The van der Waals surface area contributed by atoms with Gasteiger partial charge < -0.3 is 9.64 Å². The van der Waals surface area contributed by atoms with Crippen LogP contribution in [0.2, 0.25) is 0 Å². The highest BCUT2D eigenvalue weighted by atomic mass is 32.2. The van der Waals surface area contributed by atoms with E-state index in [0.717, 1.165) is 17.6 Å². The van der Waals surface area contributed by atoms with E-state index in [1.54, 1.807) is 11.8 Å². The van der Waals surface area contributed by atoms with Gasteiger partial charge in [-0.25, -0.2) is 0 Å². The second-order valence-corrected chi connectivity index (χ2v) is 7.96. The first-order valence-electron chi connectivity index (χ1n) is 8.31. The number of ether oxygens (including phenoxy) is 1. The predicted molar refractivity (Wildman–Crippen MR) is 97.3 cm³/mol. The summed E-state index contributed by atoms with van der Waals surface area (Å²) in [4.78, 5) is 13.9. The molecule has 0 spiro atoms. The fourth-order valence-electron chi connectivity index (χ4n) is 2.94. The molecule has 0 N–H and O–H groups in total. The number of hydrogen-bond donors (Lipinski definition) is 0. The van der Waals surface area contributed by atoms with Gasteiger partial charge >= 0.3 is 0 Å². The number of nitrogens with zero attached hydrogens (tertiary/aromatic N) is 1. The molecule has 1 aliphatic heterocycles. The van der Waals surface area contributed by atoms with Crippen molar-refractivity contribution in [3.63, 3.8) is 0 Å². The third kappa shape index (κ3) is 4.62. The minimum absolute atomic E-state index is 0.0729. The summed E-state index contributed by atoms with van der Waals surface area (Å²) in [5, 5.41) is 0. The first-order chi connectivity index (χ1) is 12.3. The molecule has 0 unspecified atom stereocenters. The van der Waals surface area contributed by atoms with Gasteiger partial charge in [0.25, 0.3) is 10.1 Å². The summed E-state index contributed by atoms with van der Waals surface area (Å²) in [6, 6.07) is 16.6. The molecule has 1 amide bonds. The zero-order valence-corrected chi connectivity index (χ0v) is 15.5. The van der Waals surface area contributed by atoms with Gasteiger partial charge in [0.15, 0.2) is 0 Å². The second kappa shape index (κ2) is 7.47. The van der Waals surface area contributed by atoms with E-state index in [-0.39, 0.29) is 18.4 Å². The summed E-state index contributed by atoms with van der Waals surface area (Å²) < 4.78 is 33.4. The minimum Gasteiger partial charge on any atom is -0.457 e. The van der Waals surface area contributed by atoms with Crippen LogP contribution in [0.1, 0.15) is 18.9 Å². The Morgan fingerprint density at radius 2 is 1.65 bits per heavy atom. The van der Waals surface area contributed by atoms with Gasteiger partial charge in [-0.15, -0.1) is 0 Å². The first-order valence-corrected chi connectivity index (χ1v) is 10.1. The Labute approximate surface area is 153 Å². The monoisotopic (exact) mass is 375 g/mol. The molecule has 0 aromatic heterocycles. The van der Waals surface area contributed by atoms with E-state index < -0.39 is 16.2 Å². The van der Waals surface area contributed by atoms with Crippen LogP contribution in [0.15, 0.2) is 54.6 Å². The van der Waals surface area contributed by atoms with Crippen molar-refractivity contribution in [1.29, 1.82) is 0 Å². The number of para-hydroxylation sites is 1. The lowest BCUT2D eigenvalue weighted by Crippen LogP contribution is -2.35. The Bertz CT molecular complexity index is 865. The molecule has 1 heterocycles. The predicted octanol–water partition coefficient (Wildman–Crippen LogP) is 2.94. The number of benzene rings is 2. The molecule has 0 aliphatic carbocycles. The Balaban J connectivity index is 1.64. The zero-order valence-electron chi connectivity index (χ0n) is 14.7. The number of carbonyl (C=O) groups excluding carboxylic acids is 1. The largest absolute Gasteiger partial charge is 0.457 e. The molecule has 2 aromatic carbocycles. The average molecular weight is 375 g/mol. The normalized spacial score (nSPS) is 20.4. The summed E-state index contributed by atoms with van der Waals surface area (Å²) in [7, 11) is -3.59. The van der Waals surface area contributed by atoms with E-state index >= 15 is 0 Å². The fraction of sp³-hybridized carbons (Fsp3) is 0.316. The van der Waals surface area contributed by atoms with E-state index in [9.17, 15) is 13.2 Å². The molecular formula is C19H21NO5S. The van der Waals surface area contributed by atoms with Crippen molar-refractivity contribution in [2.45, 2.75) is 32.0 Å². The minimum atomic E-state index is -3.59. The van der Waals surface area contributed by atoms with Crippen molar-refractivity contribution in [1.82, 2.24) is 4.90 Å². The van der Waals surface area contributed by atoms with Crippen LogP contribution in [0.5, 0.6) is 11.5 Å². The Kier molecular flexibility index (Phi) is 5.29. The van der Waals surface area contributed by atoms with Crippen LogP contribution >= 0.6 is 0 Å². The van der Waals surface area contributed by atoms with E-state index in [4.69, 9.17) is 8.92 Å². The van der Waals surface area contributed by atoms with Crippen LogP contribution in [0, 0.1) is 0 Å². The lowest BCUT2D eigenvalue weighted by molar-refractivity contribution is -0.129. The smallest absolute Gasteiger partial charge is 0.264 e. The molecular weight excluding hydrogens is 354 g/mol. The molecule has 2 atom stereocenters. The average Bonchev–Trinajstić information content (AvgIpc) is 2.83. The molecule has 2 aromatic rings. The number of likely N-dealkylation sites (tertiary alicyclic amines) is 1. The molecule has 3 rings (SSSR count). The van der Waals surface area contributed by atoms with Crippen LogP contribution in [-0.2, 0) is 25.6 Å². The molecule has 1 aliphatic rings. The topological polar surface area (TPSA) is 72.9 Å². The Morgan fingerprint density at radius 1 is 1.04 bits per heavy atom. The zero-order chi connectivity index (χ0) is 18.7. The van der Waals surface area contributed by atoms with Crippen LogP contribution in [-0.4, -0.2) is 37.6 Å². The Hall–Kier alpha value is -2.38. The van der Waals surface area contributed by atoms with Crippen molar-refractivity contribution in [3.8, 4) is 11.5 Å². The summed E-state index contributed by atoms with van der Waals surface area (Å²) in [6.45, 7) is 2.20. The second-order valence-electron chi connectivity index (χ2n) is 6.36. The molecule has 0 bridgehead atoms. The molecule has 6 nitrogen and oxygen atoms in total. The SMILES string of the molecule is C[C@H]1[C@@H](OS(C)(=O)=O)CC(=O)N1Cc1ccc(Oc2ccccc2)cc1. The fourth-order valence-corrected chi connectivity index (χ4v) is 3.62. The lowest BCUT2D eigenvalue weighted by atomic mass is 10.1. The van der Waals surface area contributed by atoms with Crippen molar-refractivity contribution in [3.05, 3.63) is 60.2 Å². The van der Waals surface area contributed by atoms with Crippen LogP contribution in [0.25, 0.3) is 0 Å². The highest BCUT2D eigenvalue weighted by Crippen LogP contribution is 2.26. The maximum absolute atomic E-state index is 12.2. The summed E-state index contributed by atoms with van der Waals surface area (Å²) in [5.74, 6) is 1.35. The summed E-state index contributed by atoms with van der Waals surface area (Å²) in [5.41, 5.74) is 0.936. The number of carbonyl (C=O) groups is 1. The van der Waals surface area contributed by atoms with Gasteiger partial charge in [-0.3, -0.25) is 8.98 Å². The van der Waals surface area contributed by atoms with Gasteiger partial charge in [0, 0.05) is 6.54 Å². The van der Waals surface area contributed by atoms with Crippen LogP contribution in [0.3, 0.4) is 0 Å². The number of rotatable bonds is 6. The van der Waals surface area contributed by atoms with E-state index in [1.165, 1.54) is 0 Å². The maximum atomic E-state index is 12.2. The van der Waals surface area contributed by atoms with E-state index in [0.29, 0.717) is 12.3 Å². The molecule has 1 fully saturated rings. The van der Waals surface area contributed by atoms with Crippen molar-refractivity contribution >= 4 is 16.0 Å². The van der Waals surface area contributed by atoms with Crippen molar-refractivity contribution < 1.29 is 22.1 Å². The number of amides is 1. The molecule has 1 saturated heterocycles. The van der Waals surface area contributed by atoms with Gasteiger partial charge in [0.2, 0.25) is 5.91 Å². The Morgan fingerprint density at radius 3 is 2.27 bits per heavy atom. The third-order valence-corrected chi connectivity index (χ3v) is 4.88. The molecule has 0 radical (unpaired) electrons. The van der Waals surface area contributed by atoms with Crippen molar-refractivity contribution in [2.24, 2.45) is 0 Å². The maximum Gasteiger partial charge on any atom is 0.264 e. The van der Waals surface area contributed by atoms with E-state index in [2.05, 4.69) is 0 Å². The standard InChI is InChI=1S/C19H21NO5S/c1-14-18(25-26(2,22)23)12-19(21)20(14)13-15-8-10-17(11-9-15)24-16-6-4-3-5-7-16/h3-11,14,18H,12-13H2,1-2H3/t14-,18-/m0/s1. The summed E-state index contributed by atoms with van der Waals surface area (Å²) >= 11 is 0. The highest BCUT2D eigenvalue weighted by Gasteiger charge is 2.39. The molecule has 0 saturated carbocycles. The van der Waals surface area contributed by atoms with Crippen LogP contribution in [0.4, 0.5) is 0 Å². The lowest BCUT2D eigenvalue weighted by Gasteiger charge is -2.24. The molecule has 7 heteroatoms. The van der Waals surface area contributed by atoms with Gasteiger partial charge in [-0.2, -0.15) is 8.42 Å². The first kappa shape index (κ1) is 18.4. The van der Waals surface area contributed by atoms with Gasteiger partial charge in [0.05, 0.1) is 18.7 Å². The quantitative estimate of drug-likeness (QED) is 0.726. The van der Waals surface area contributed by atoms with Gasteiger partial charge in [0.1, 0.15) is 17.6 Å². The molecule has 138 valence electrons. The highest BCUT2D eigenvalue weighted by molar-refractivity contribution is 7.86.